The Labute approximate surface area is 193 Å². The highest BCUT2D eigenvalue weighted by molar-refractivity contribution is 6.47. The molecule has 0 atom stereocenters. The van der Waals surface area contributed by atoms with Gasteiger partial charge in [-0.2, -0.15) is 0 Å². The highest BCUT2D eigenvalue weighted by Crippen LogP contribution is 2.40. The Morgan fingerprint density at radius 2 is 0.939 bits per heavy atom. The second kappa shape index (κ2) is 6.95. The quantitative estimate of drug-likeness (QED) is 0.149. The highest BCUT2D eigenvalue weighted by Gasteiger charge is 2.15. The second-order valence-corrected chi connectivity index (χ2v) is 8.98. The first-order valence-corrected chi connectivity index (χ1v) is 11.5. The molecule has 0 fully saturated rings. The van der Waals surface area contributed by atoms with Gasteiger partial charge in [-0.05, 0) is 77.1 Å². The van der Waals surface area contributed by atoms with Gasteiger partial charge < -0.3 is 0 Å². The fourth-order valence-electron chi connectivity index (χ4n) is 5.64. The molecule has 7 aromatic rings. The standard InChI is InChI=1S/C32H21B/c33-32-28-12-5-3-10-26(28)31(27-11-4-6-13-29(27)32)25-15-7-14-23-24(25)17-16-22-18-20-8-1-2-9-21(20)19-30(22)23/h1-19H,33H2. The van der Waals surface area contributed by atoms with Crippen molar-refractivity contribution in [2.24, 2.45) is 0 Å². The Balaban J connectivity index is 1.66. The van der Waals surface area contributed by atoms with Crippen LogP contribution in [0, 0.1) is 0 Å². The topological polar surface area (TPSA) is 0 Å². The lowest BCUT2D eigenvalue weighted by molar-refractivity contribution is 1.73. The van der Waals surface area contributed by atoms with E-state index >= 15 is 0 Å². The molecule has 0 saturated heterocycles. The molecular formula is C32H21B. The smallest absolute Gasteiger partial charge is 0.0735 e. The monoisotopic (exact) mass is 416 g/mol. The lowest BCUT2D eigenvalue weighted by atomic mass is 9.80. The lowest BCUT2D eigenvalue weighted by Gasteiger charge is -2.17. The second-order valence-electron chi connectivity index (χ2n) is 8.98. The molecule has 0 aromatic heterocycles. The van der Waals surface area contributed by atoms with E-state index in [1.807, 2.05) is 0 Å². The summed E-state index contributed by atoms with van der Waals surface area (Å²) in [5, 5.41) is 13.1. The molecule has 7 aromatic carbocycles. The van der Waals surface area contributed by atoms with E-state index in [2.05, 4.69) is 123 Å². The summed E-state index contributed by atoms with van der Waals surface area (Å²) in [4.78, 5) is 0. The van der Waals surface area contributed by atoms with Crippen LogP contribution < -0.4 is 5.46 Å². The van der Waals surface area contributed by atoms with Crippen molar-refractivity contribution in [3.8, 4) is 11.1 Å². The Morgan fingerprint density at radius 1 is 0.364 bits per heavy atom. The van der Waals surface area contributed by atoms with Crippen molar-refractivity contribution < 1.29 is 0 Å². The van der Waals surface area contributed by atoms with Crippen LogP contribution in [0.3, 0.4) is 0 Å². The minimum atomic E-state index is 1.29. The van der Waals surface area contributed by atoms with Gasteiger partial charge in [0.25, 0.3) is 0 Å². The van der Waals surface area contributed by atoms with Gasteiger partial charge in [-0.15, -0.1) is 0 Å². The highest BCUT2D eigenvalue weighted by atomic mass is 14.2. The van der Waals surface area contributed by atoms with E-state index in [-0.39, 0.29) is 0 Å². The maximum atomic E-state index is 2.35. The molecule has 0 N–H and O–H groups in total. The normalized spacial score (nSPS) is 11.8. The van der Waals surface area contributed by atoms with Crippen LogP contribution in [0.15, 0.2) is 115 Å². The Kier molecular flexibility index (Phi) is 3.89. The van der Waals surface area contributed by atoms with Gasteiger partial charge in [-0.1, -0.05) is 109 Å². The van der Waals surface area contributed by atoms with Crippen molar-refractivity contribution in [2.45, 2.75) is 0 Å². The average Bonchev–Trinajstić information content (AvgIpc) is 2.88. The predicted octanol–water partition coefficient (Wildman–Crippen LogP) is 7.38. The fourth-order valence-corrected chi connectivity index (χ4v) is 5.64. The number of hydrogen-bond acceptors (Lipinski definition) is 0. The zero-order valence-electron chi connectivity index (χ0n) is 18.5. The van der Waals surface area contributed by atoms with E-state index in [1.54, 1.807) is 0 Å². The van der Waals surface area contributed by atoms with Gasteiger partial charge in [0.1, 0.15) is 7.85 Å². The maximum absolute atomic E-state index is 2.35. The first-order chi connectivity index (χ1) is 16.3. The van der Waals surface area contributed by atoms with Crippen molar-refractivity contribution >= 4 is 67.2 Å². The van der Waals surface area contributed by atoms with Crippen molar-refractivity contribution in [3.63, 3.8) is 0 Å². The third kappa shape index (κ3) is 2.66. The molecule has 0 spiro atoms. The van der Waals surface area contributed by atoms with E-state index in [0.29, 0.717) is 0 Å². The summed E-state index contributed by atoms with van der Waals surface area (Å²) in [5.41, 5.74) is 3.98. The van der Waals surface area contributed by atoms with Gasteiger partial charge in [-0.25, -0.2) is 0 Å². The Bertz CT molecular complexity index is 1820. The maximum Gasteiger partial charge on any atom is 0.140 e. The van der Waals surface area contributed by atoms with E-state index in [1.165, 1.54) is 70.5 Å². The lowest BCUT2D eigenvalue weighted by Crippen LogP contribution is -2.07. The van der Waals surface area contributed by atoms with Crippen molar-refractivity contribution in [1.29, 1.82) is 0 Å². The van der Waals surface area contributed by atoms with Crippen molar-refractivity contribution in [3.05, 3.63) is 115 Å². The summed E-state index contributed by atoms with van der Waals surface area (Å²) in [6.45, 7) is 0. The molecule has 0 heterocycles. The van der Waals surface area contributed by atoms with Gasteiger partial charge in [0.15, 0.2) is 0 Å². The molecule has 33 heavy (non-hydrogen) atoms. The Hall–Kier alpha value is -4.10. The molecule has 0 radical (unpaired) electrons. The molecule has 0 nitrogen and oxygen atoms in total. The first kappa shape index (κ1) is 18.5. The molecule has 0 aliphatic heterocycles. The van der Waals surface area contributed by atoms with Crippen LogP contribution >= 0.6 is 0 Å². The summed E-state index contributed by atoms with van der Waals surface area (Å²) < 4.78 is 0. The third-order valence-corrected chi connectivity index (χ3v) is 7.21. The minimum absolute atomic E-state index is 1.29. The van der Waals surface area contributed by atoms with Crippen LogP contribution in [0.25, 0.3) is 65.0 Å². The van der Waals surface area contributed by atoms with Crippen LogP contribution in [-0.2, 0) is 0 Å². The van der Waals surface area contributed by atoms with E-state index < -0.39 is 0 Å². The van der Waals surface area contributed by atoms with Crippen LogP contribution in [-0.4, -0.2) is 7.85 Å². The summed E-state index contributed by atoms with van der Waals surface area (Å²) in [6.07, 6.45) is 0. The van der Waals surface area contributed by atoms with Crippen LogP contribution in [0.1, 0.15) is 0 Å². The summed E-state index contributed by atoms with van der Waals surface area (Å²) in [5.74, 6) is 0. The molecule has 0 bridgehead atoms. The van der Waals surface area contributed by atoms with Gasteiger partial charge in [0.05, 0.1) is 0 Å². The zero-order chi connectivity index (χ0) is 21.9. The fraction of sp³-hybridized carbons (Fsp3) is 0. The van der Waals surface area contributed by atoms with E-state index in [0.717, 1.165) is 0 Å². The number of rotatable bonds is 1. The zero-order valence-corrected chi connectivity index (χ0v) is 18.5. The number of hydrogen-bond donors (Lipinski definition) is 0. The molecule has 0 aliphatic rings. The first-order valence-electron chi connectivity index (χ1n) is 11.5. The summed E-state index contributed by atoms with van der Waals surface area (Å²) >= 11 is 0. The van der Waals surface area contributed by atoms with E-state index in [9.17, 15) is 0 Å². The van der Waals surface area contributed by atoms with Gasteiger partial charge >= 0.3 is 0 Å². The van der Waals surface area contributed by atoms with Gasteiger partial charge in [-0.3, -0.25) is 0 Å². The molecule has 7 rings (SSSR count). The third-order valence-electron chi connectivity index (χ3n) is 7.21. The number of benzene rings is 7. The molecule has 0 saturated carbocycles. The molecule has 0 amide bonds. The summed E-state index contributed by atoms with van der Waals surface area (Å²) in [6, 6.07) is 42.4. The molecule has 1 heteroatoms. The Morgan fingerprint density at radius 3 is 1.64 bits per heavy atom. The largest absolute Gasteiger partial charge is 0.140 e. The van der Waals surface area contributed by atoms with Crippen LogP contribution in [0.2, 0.25) is 0 Å². The van der Waals surface area contributed by atoms with Crippen LogP contribution in [0.5, 0.6) is 0 Å². The van der Waals surface area contributed by atoms with Crippen molar-refractivity contribution in [2.75, 3.05) is 0 Å². The molecular weight excluding hydrogens is 395 g/mol. The molecule has 0 aliphatic carbocycles. The van der Waals surface area contributed by atoms with Gasteiger partial charge in [0, 0.05) is 0 Å². The molecule has 0 unspecified atom stereocenters. The minimum Gasteiger partial charge on any atom is -0.0735 e. The average molecular weight is 416 g/mol. The summed E-state index contributed by atoms with van der Waals surface area (Å²) in [7, 11) is 2.25. The van der Waals surface area contributed by atoms with Crippen LogP contribution in [0.4, 0.5) is 0 Å². The number of fused-ring (bicyclic) bond motifs is 6. The van der Waals surface area contributed by atoms with Gasteiger partial charge in [0.2, 0.25) is 0 Å². The predicted molar refractivity (Wildman–Crippen MR) is 148 cm³/mol. The molecule has 152 valence electrons. The van der Waals surface area contributed by atoms with Crippen molar-refractivity contribution in [1.82, 2.24) is 0 Å². The SMILES string of the molecule is Bc1c2ccccc2c(-c2cccc3c2ccc2cc4ccccc4cc23)c2ccccc12. The van der Waals surface area contributed by atoms with E-state index in [4.69, 9.17) is 0 Å².